The van der Waals surface area contributed by atoms with E-state index in [4.69, 9.17) is 9.52 Å². The molecule has 0 aliphatic heterocycles. The first kappa shape index (κ1) is 19.5. The summed E-state index contributed by atoms with van der Waals surface area (Å²) in [5.41, 5.74) is 2.56. The smallest absolute Gasteiger partial charge is 0.303 e. The first-order chi connectivity index (χ1) is 11.1. The highest BCUT2D eigenvalue weighted by molar-refractivity contribution is 5.66. The van der Waals surface area contributed by atoms with Gasteiger partial charge in [0.05, 0.1) is 0 Å². The zero-order valence-electron chi connectivity index (χ0n) is 15.0. The summed E-state index contributed by atoms with van der Waals surface area (Å²) < 4.78 is 6.01. The Kier molecular flexibility index (Phi) is 9.42. The molecule has 0 radical (unpaired) electrons. The summed E-state index contributed by atoms with van der Waals surface area (Å²) in [5, 5.41) is 8.58. The zero-order chi connectivity index (χ0) is 17.1. The third-order valence-corrected chi connectivity index (χ3v) is 4.35. The van der Waals surface area contributed by atoms with Gasteiger partial charge in [0.1, 0.15) is 11.5 Å². The Morgan fingerprint density at radius 3 is 2.35 bits per heavy atom. The lowest BCUT2D eigenvalue weighted by Crippen LogP contribution is -1.93. The van der Waals surface area contributed by atoms with Gasteiger partial charge in [0.2, 0.25) is 0 Å². The van der Waals surface area contributed by atoms with Crippen LogP contribution in [0.25, 0.3) is 6.08 Å². The van der Waals surface area contributed by atoms with E-state index in [1.807, 2.05) is 0 Å². The summed E-state index contributed by atoms with van der Waals surface area (Å²) in [6.07, 6.45) is 14.3. The van der Waals surface area contributed by atoms with Crippen molar-refractivity contribution < 1.29 is 14.3 Å². The fraction of sp³-hybridized carbons (Fsp3) is 0.650. The molecule has 0 spiro atoms. The number of carboxylic acids is 1. The highest BCUT2D eigenvalue weighted by Crippen LogP contribution is 2.24. The van der Waals surface area contributed by atoms with Crippen molar-refractivity contribution in [2.45, 2.75) is 85.0 Å². The third kappa shape index (κ3) is 7.54. The molecule has 23 heavy (non-hydrogen) atoms. The molecular formula is C20H32O3. The molecule has 0 unspecified atom stereocenters. The molecule has 0 saturated carbocycles. The lowest BCUT2D eigenvalue weighted by molar-refractivity contribution is -0.137. The van der Waals surface area contributed by atoms with Crippen molar-refractivity contribution in [1.82, 2.24) is 0 Å². The molecule has 0 saturated heterocycles. The SMILES string of the molecule is CCCC=Cc1oc(CCCCCCCCC(=O)O)c(C)c1C. The standard InChI is InChI=1S/C20H32O3/c1-4-5-10-13-18-16(2)17(3)19(23-18)14-11-8-6-7-9-12-15-20(21)22/h10,13H,4-9,11-12,14-15H2,1-3H3,(H,21,22). The van der Waals surface area contributed by atoms with Crippen LogP contribution in [0, 0.1) is 13.8 Å². The van der Waals surface area contributed by atoms with E-state index in [1.165, 1.54) is 24.0 Å². The topological polar surface area (TPSA) is 50.4 Å². The molecular weight excluding hydrogens is 288 g/mol. The van der Waals surface area contributed by atoms with Crippen LogP contribution in [-0.2, 0) is 11.2 Å². The minimum atomic E-state index is -0.683. The molecule has 130 valence electrons. The van der Waals surface area contributed by atoms with Crippen LogP contribution in [0.5, 0.6) is 0 Å². The van der Waals surface area contributed by atoms with E-state index in [2.05, 4.69) is 32.9 Å². The van der Waals surface area contributed by atoms with Gasteiger partial charge in [-0.2, -0.15) is 0 Å². The van der Waals surface area contributed by atoms with E-state index in [0.717, 1.165) is 56.5 Å². The van der Waals surface area contributed by atoms with Gasteiger partial charge in [-0.05, 0) is 50.3 Å². The Labute approximate surface area is 140 Å². The van der Waals surface area contributed by atoms with Crippen molar-refractivity contribution in [2.24, 2.45) is 0 Å². The predicted molar refractivity (Wildman–Crippen MR) is 95.8 cm³/mol. The summed E-state index contributed by atoms with van der Waals surface area (Å²) >= 11 is 0. The number of hydrogen-bond donors (Lipinski definition) is 1. The first-order valence-electron chi connectivity index (χ1n) is 9.03. The summed E-state index contributed by atoms with van der Waals surface area (Å²) in [5.74, 6) is 1.46. The number of hydrogen-bond acceptors (Lipinski definition) is 2. The Bertz CT molecular complexity index is 497. The van der Waals surface area contributed by atoms with Crippen molar-refractivity contribution >= 4 is 12.0 Å². The van der Waals surface area contributed by atoms with Crippen LogP contribution < -0.4 is 0 Å². The number of carbonyl (C=O) groups is 1. The van der Waals surface area contributed by atoms with Crippen molar-refractivity contribution in [2.75, 3.05) is 0 Å². The number of allylic oxidation sites excluding steroid dienone is 1. The molecule has 1 heterocycles. The number of unbranched alkanes of at least 4 members (excludes halogenated alkanes) is 6. The molecule has 1 rings (SSSR count). The lowest BCUT2D eigenvalue weighted by atomic mass is 10.0. The van der Waals surface area contributed by atoms with Crippen LogP contribution in [-0.4, -0.2) is 11.1 Å². The maximum absolute atomic E-state index is 10.4. The van der Waals surface area contributed by atoms with Gasteiger partial charge in [-0.25, -0.2) is 0 Å². The van der Waals surface area contributed by atoms with Gasteiger partial charge in [-0.1, -0.05) is 45.1 Å². The van der Waals surface area contributed by atoms with Crippen molar-refractivity contribution in [3.05, 3.63) is 28.7 Å². The molecule has 1 aromatic rings. The molecule has 0 atom stereocenters. The van der Waals surface area contributed by atoms with Gasteiger partial charge in [0, 0.05) is 12.8 Å². The Morgan fingerprint density at radius 1 is 1.04 bits per heavy atom. The molecule has 1 aromatic heterocycles. The van der Waals surface area contributed by atoms with Crippen LogP contribution in [0.15, 0.2) is 10.5 Å². The first-order valence-corrected chi connectivity index (χ1v) is 9.03. The maximum atomic E-state index is 10.4. The number of aryl methyl sites for hydroxylation is 1. The third-order valence-electron chi connectivity index (χ3n) is 4.35. The highest BCUT2D eigenvalue weighted by atomic mass is 16.4. The molecule has 1 N–H and O–H groups in total. The minimum Gasteiger partial charge on any atom is -0.481 e. The fourth-order valence-corrected chi connectivity index (χ4v) is 2.70. The van der Waals surface area contributed by atoms with Crippen LogP contribution in [0.1, 0.15) is 87.4 Å². The van der Waals surface area contributed by atoms with E-state index in [9.17, 15) is 4.79 Å². The van der Waals surface area contributed by atoms with Gasteiger partial charge in [-0.15, -0.1) is 0 Å². The van der Waals surface area contributed by atoms with E-state index < -0.39 is 5.97 Å². The summed E-state index contributed by atoms with van der Waals surface area (Å²) in [7, 11) is 0. The number of furan rings is 1. The van der Waals surface area contributed by atoms with Crippen LogP contribution in [0.3, 0.4) is 0 Å². The molecule has 3 nitrogen and oxygen atoms in total. The van der Waals surface area contributed by atoms with Crippen molar-refractivity contribution in [1.29, 1.82) is 0 Å². The van der Waals surface area contributed by atoms with Crippen molar-refractivity contribution in [3.8, 4) is 0 Å². The second kappa shape index (κ2) is 11.1. The molecule has 3 heteroatoms. The number of rotatable bonds is 12. The monoisotopic (exact) mass is 320 g/mol. The average Bonchev–Trinajstić information content (AvgIpc) is 2.78. The lowest BCUT2D eigenvalue weighted by Gasteiger charge is -2.01. The van der Waals surface area contributed by atoms with E-state index in [0.29, 0.717) is 6.42 Å². The quantitative estimate of drug-likeness (QED) is 0.476. The Hall–Kier alpha value is -1.51. The summed E-state index contributed by atoms with van der Waals surface area (Å²) in [6.45, 7) is 6.46. The predicted octanol–water partition coefficient (Wildman–Crippen LogP) is 6.07. The minimum absolute atomic E-state index is 0.305. The second-order valence-electron chi connectivity index (χ2n) is 6.35. The molecule has 0 aliphatic rings. The van der Waals surface area contributed by atoms with Crippen LogP contribution in [0.2, 0.25) is 0 Å². The van der Waals surface area contributed by atoms with Gasteiger partial charge >= 0.3 is 5.97 Å². The van der Waals surface area contributed by atoms with E-state index in [-0.39, 0.29) is 0 Å². The van der Waals surface area contributed by atoms with E-state index >= 15 is 0 Å². The molecule has 0 aromatic carbocycles. The van der Waals surface area contributed by atoms with Gasteiger partial charge < -0.3 is 9.52 Å². The molecule has 0 fully saturated rings. The normalized spacial score (nSPS) is 11.4. The van der Waals surface area contributed by atoms with Crippen molar-refractivity contribution in [3.63, 3.8) is 0 Å². The molecule has 0 amide bonds. The maximum Gasteiger partial charge on any atom is 0.303 e. The summed E-state index contributed by atoms with van der Waals surface area (Å²) in [6, 6.07) is 0. The Balaban J connectivity index is 2.27. The highest BCUT2D eigenvalue weighted by Gasteiger charge is 2.11. The van der Waals surface area contributed by atoms with Gasteiger partial charge in [-0.3, -0.25) is 4.79 Å². The van der Waals surface area contributed by atoms with Crippen LogP contribution >= 0.6 is 0 Å². The van der Waals surface area contributed by atoms with E-state index in [1.54, 1.807) is 0 Å². The summed E-state index contributed by atoms with van der Waals surface area (Å²) in [4.78, 5) is 10.4. The Morgan fingerprint density at radius 2 is 1.70 bits per heavy atom. The second-order valence-corrected chi connectivity index (χ2v) is 6.35. The fourth-order valence-electron chi connectivity index (χ4n) is 2.70. The van der Waals surface area contributed by atoms with Gasteiger partial charge in [0.15, 0.2) is 0 Å². The average molecular weight is 320 g/mol. The number of carboxylic acid groups (broad SMARTS) is 1. The molecule has 0 aliphatic carbocycles. The van der Waals surface area contributed by atoms with Crippen LogP contribution in [0.4, 0.5) is 0 Å². The zero-order valence-corrected chi connectivity index (χ0v) is 15.0. The number of aliphatic carboxylic acids is 1. The van der Waals surface area contributed by atoms with Gasteiger partial charge in [0.25, 0.3) is 0 Å². The largest absolute Gasteiger partial charge is 0.481 e. The molecule has 0 bridgehead atoms.